The molecule has 4 atom stereocenters. The summed E-state index contributed by atoms with van der Waals surface area (Å²) in [5.74, 6) is -3.82. The number of carbonyl (C=O) groups excluding carboxylic acids is 4. The minimum atomic E-state index is -1.27. The van der Waals surface area contributed by atoms with Gasteiger partial charge in [0, 0.05) is 129 Å². The Labute approximate surface area is 532 Å². The van der Waals surface area contributed by atoms with Gasteiger partial charge in [-0.2, -0.15) is 0 Å². The maximum Gasteiger partial charge on any atom is 0.338 e. The van der Waals surface area contributed by atoms with E-state index in [0.717, 1.165) is 12.1 Å². The molecule has 6 aliphatic heterocycles. The van der Waals surface area contributed by atoms with Crippen LogP contribution in [0.4, 0.5) is 34.1 Å². The zero-order valence-electron chi connectivity index (χ0n) is 49.1. The summed E-state index contributed by atoms with van der Waals surface area (Å²) in [5, 5.41) is 27.8. The number of hydrogen-bond donors (Lipinski definition) is 4. The first-order chi connectivity index (χ1) is 43.7. The minimum Gasteiger partial charge on any atom is -0.492 e. The molecule has 0 saturated carbocycles. The number of amidine groups is 2. The van der Waals surface area contributed by atoms with Gasteiger partial charge in [0.05, 0.1) is 66.6 Å². The molecule has 4 N–H and O–H groups in total. The minimum absolute atomic E-state index is 0.00511. The van der Waals surface area contributed by atoms with E-state index in [1.165, 1.54) is 85.1 Å². The van der Waals surface area contributed by atoms with Gasteiger partial charge in [0.25, 0.3) is 0 Å². The van der Waals surface area contributed by atoms with Crippen molar-refractivity contribution in [2.24, 2.45) is 17.0 Å². The number of esters is 2. The first-order valence-corrected chi connectivity index (χ1v) is 30.1. The number of piperazine rings is 2. The Balaban J connectivity index is 0.000000187. The molecule has 0 spiro atoms. The lowest BCUT2D eigenvalue weighted by atomic mass is 9.95. The van der Waals surface area contributed by atoms with Gasteiger partial charge in [-0.15, -0.1) is 11.3 Å². The molecule has 2 aromatic heterocycles. The molecule has 0 unspecified atom stereocenters. The van der Waals surface area contributed by atoms with Crippen molar-refractivity contribution in [1.29, 1.82) is 0 Å². The molecule has 4 saturated heterocycles. The number of nitrogens with one attached hydrogen (secondary N) is 2. The largest absolute Gasteiger partial charge is 0.492 e. The van der Waals surface area contributed by atoms with E-state index in [9.17, 15) is 52.2 Å². The van der Waals surface area contributed by atoms with Gasteiger partial charge in [0.1, 0.15) is 35.3 Å². The lowest BCUT2D eigenvalue weighted by molar-refractivity contribution is -0.137. The van der Waals surface area contributed by atoms with Gasteiger partial charge in [-0.25, -0.2) is 51.9 Å². The summed E-state index contributed by atoms with van der Waals surface area (Å²) in [7, 11) is 4.34. The fraction of sp³-hybridized carbons (Fsp3) is 0.311. The fourth-order valence-corrected chi connectivity index (χ4v) is 13.0. The number of hydrogen-bond acceptors (Lipinski definition) is 18. The van der Waals surface area contributed by atoms with Crippen molar-refractivity contribution in [3.05, 3.63) is 180 Å². The van der Waals surface area contributed by atoms with E-state index in [4.69, 9.17) is 47.4 Å². The fourth-order valence-electron chi connectivity index (χ4n) is 11.9. The molecule has 8 heterocycles. The number of benzene rings is 4. The van der Waals surface area contributed by atoms with Crippen LogP contribution in [-0.2, 0) is 26.1 Å². The van der Waals surface area contributed by atoms with Crippen LogP contribution in [0.2, 0.25) is 10.0 Å². The molecule has 4 aromatic carbocycles. The van der Waals surface area contributed by atoms with Gasteiger partial charge in [-0.1, -0.05) is 35.3 Å². The van der Waals surface area contributed by atoms with Crippen molar-refractivity contribution >= 4 is 93.5 Å². The van der Waals surface area contributed by atoms with Crippen molar-refractivity contribution in [3.8, 4) is 5.75 Å². The predicted molar refractivity (Wildman–Crippen MR) is 328 cm³/mol. The molecule has 474 valence electrons. The molecule has 91 heavy (non-hydrogen) atoms. The molecule has 30 heteroatoms. The number of imidazole rings is 1. The van der Waals surface area contributed by atoms with Crippen LogP contribution in [0, 0.1) is 17.5 Å². The number of aromatic nitrogens is 3. The zero-order valence-corrected chi connectivity index (χ0v) is 51.4. The van der Waals surface area contributed by atoms with Crippen LogP contribution in [-0.4, -0.2) is 190 Å². The van der Waals surface area contributed by atoms with Gasteiger partial charge >= 0.3 is 35.9 Å². The Bertz CT molecular complexity index is 4040. The number of rotatable bonds is 16. The number of anilines is 2. The molecule has 12 rings (SSSR count). The lowest BCUT2D eigenvalue weighted by Crippen LogP contribution is -2.53. The van der Waals surface area contributed by atoms with Crippen LogP contribution >= 0.6 is 34.5 Å². The zero-order chi connectivity index (χ0) is 64.5. The van der Waals surface area contributed by atoms with Crippen LogP contribution in [0.1, 0.15) is 61.7 Å². The van der Waals surface area contributed by atoms with Gasteiger partial charge in [0.15, 0.2) is 22.5 Å². The van der Waals surface area contributed by atoms with Gasteiger partial charge in [-0.05, 0) is 67.6 Å². The Kier molecular flexibility index (Phi) is 18.5. The first kappa shape index (κ1) is 63.2. The number of aliphatic imine (C=N–C) groups is 2. The molecular weight excluding hydrogens is 1250 g/mol. The van der Waals surface area contributed by atoms with Crippen LogP contribution in [0.25, 0.3) is 0 Å². The summed E-state index contributed by atoms with van der Waals surface area (Å²) in [6.45, 7) is 5.76. The number of thiazole rings is 1. The summed E-state index contributed by atoms with van der Waals surface area (Å²) >= 11 is 14.3. The maximum atomic E-state index is 14.9. The monoisotopic (exact) mass is 1310 g/mol. The Morgan fingerprint density at radius 2 is 1.18 bits per heavy atom. The number of urea groups is 2. The van der Waals surface area contributed by atoms with Crippen molar-refractivity contribution in [2.75, 3.05) is 96.1 Å². The number of amides is 4. The molecule has 6 aliphatic rings. The highest BCUT2D eigenvalue weighted by atomic mass is 35.5. The predicted octanol–water partition coefficient (Wildman–Crippen LogP) is 7.37. The third kappa shape index (κ3) is 12.9. The Morgan fingerprint density at radius 1 is 0.659 bits per heavy atom. The van der Waals surface area contributed by atoms with E-state index in [1.54, 1.807) is 57.9 Å². The number of aryl methyl sites for hydroxylation is 1. The smallest absolute Gasteiger partial charge is 0.338 e. The third-order valence-corrected chi connectivity index (χ3v) is 17.6. The molecule has 0 aliphatic carbocycles. The second-order valence-electron chi connectivity index (χ2n) is 21.7. The average Bonchev–Trinajstić information content (AvgIpc) is 1.77. The second kappa shape index (κ2) is 26.6. The highest BCUT2D eigenvalue weighted by molar-refractivity contribution is 7.11. The molecule has 4 amide bonds. The molecule has 0 bridgehead atoms. The summed E-state index contributed by atoms with van der Waals surface area (Å²) in [6.07, 6.45) is 5.01. The first-order valence-electron chi connectivity index (χ1n) is 28.5. The third-order valence-electron chi connectivity index (χ3n) is 16.2. The van der Waals surface area contributed by atoms with Gasteiger partial charge in [0.2, 0.25) is 0 Å². The average molecular weight is 1310 g/mol. The molecule has 0 radical (unpaired) electrons. The van der Waals surface area contributed by atoms with E-state index in [-0.39, 0.29) is 75.2 Å². The molecule has 24 nitrogen and oxygen atoms in total. The Hall–Kier alpha value is -9.35. The van der Waals surface area contributed by atoms with Crippen molar-refractivity contribution < 1.29 is 66.4 Å². The van der Waals surface area contributed by atoms with E-state index in [2.05, 4.69) is 30.4 Å². The van der Waals surface area contributed by atoms with E-state index in [1.807, 2.05) is 5.38 Å². The summed E-state index contributed by atoms with van der Waals surface area (Å²) in [6, 6.07) is 12.9. The lowest BCUT2D eigenvalue weighted by Gasteiger charge is -2.38. The number of fused-ring (bicyclic) bond motifs is 2. The van der Waals surface area contributed by atoms with Crippen LogP contribution in [0.15, 0.2) is 129 Å². The highest BCUT2D eigenvalue weighted by Crippen LogP contribution is 2.41. The molecule has 6 aromatic rings. The highest BCUT2D eigenvalue weighted by Gasteiger charge is 2.45. The second-order valence-corrected chi connectivity index (χ2v) is 23.4. The number of methoxy groups -OCH3 is 2. The topological polar surface area (TPSA) is 270 Å². The summed E-state index contributed by atoms with van der Waals surface area (Å²) < 4.78 is 60.7. The number of ether oxygens (including phenoxy) is 3. The normalized spacial score (nSPS) is 20.1. The van der Waals surface area contributed by atoms with Crippen molar-refractivity contribution in [2.45, 2.75) is 31.1 Å². The van der Waals surface area contributed by atoms with Gasteiger partial charge < -0.3 is 49.4 Å². The maximum absolute atomic E-state index is 14.9. The van der Waals surface area contributed by atoms with Crippen LogP contribution in [0.5, 0.6) is 5.75 Å². The Morgan fingerprint density at radius 3 is 1.65 bits per heavy atom. The quantitative estimate of drug-likeness (QED) is 0.0689. The summed E-state index contributed by atoms with van der Waals surface area (Å²) in [5.41, 5.74) is 2.66. The van der Waals surface area contributed by atoms with Crippen molar-refractivity contribution in [3.63, 3.8) is 0 Å². The molecule has 4 fully saturated rings. The number of nitrogens with zero attached hydrogens (tertiary/aromatic N) is 11. The van der Waals surface area contributed by atoms with Crippen LogP contribution in [0.3, 0.4) is 0 Å². The van der Waals surface area contributed by atoms with Gasteiger partial charge in [-0.3, -0.25) is 29.6 Å². The van der Waals surface area contributed by atoms with Crippen molar-refractivity contribution in [1.82, 2.24) is 44.8 Å². The number of carboxylic acids is 2. The van der Waals surface area contributed by atoms with E-state index >= 15 is 0 Å². The van der Waals surface area contributed by atoms with Crippen LogP contribution < -0.4 is 25.2 Å². The number of aromatic carboxylic acids is 2. The standard InChI is InChI=1S/C31H30ClFN6O6S.C30H28ClF2N7O5/c1-3-45-24-12-17(29(40)41)4-7-23(24)39-15-19-14-37(9-10-38(19)31(39)43)16-22-25(30(42)44-2)26(20-6-5-18(33)13-21(20)32)36-27(35-22)28-34-8-11-46-28;1-37-8-7-34-27(37)26-35-22(24(29(43)45-2)25(36-26)19-5-4-17(32)12-20(19)31)15-38-9-10-39-18(13-38)14-40(30(39)44)23-6-3-16(28(41)42)11-21(23)33/h4-8,11-13,19,26H,3,9-10,14-16H2,1-2H3,(H,35,36)(H,40,41);3-8,11-12,18,25H,9-10,13-15H2,1-2H3,(H,35,36)(H,41,42)/t19-,26-;18-,25-/m00/s1. The number of halogens is 5. The summed E-state index contributed by atoms with van der Waals surface area (Å²) in [4.78, 5) is 105. The van der Waals surface area contributed by atoms with E-state index in [0.29, 0.717) is 115 Å². The number of carboxylic acid groups (broad SMARTS) is 2. The van der Waals surface area contributed by atoms with E-state index < -0.39 is 53.4 Å². The number of carbonyl (C=O) groups is 6. The molecular formula is C61H58Cl2F3N13O11S. The SMILES string of the molecule is CCOc1cc(C(=O)O)ccc1N1C[C@@H]2CN(CC3=C(C(=O)OC)[C@H](c4ccc(F)cc4Cl)N=C(c4nccs4)N3)CCN2C1=O.COC(=O)C1=C(CN2CCN3C(=O)N(c4ccc(C(=O)O)cc4F)C[C@@H]3C2)NC(c2nccn2C)=N[C@H]1c1ccc(F)cc1Cl.